The maximum atomic E-state index is 11.5. The van der Waals surface area contributed by atoms with Gasteiger partial charge in [0.25, 0.3) is 0 Å². The zero-order valence-corrected chi connectivity index (χ0v) is 10.2. The number of nitrogens with one attached hydrogen (secondary N) is 2. The van der Waals surface area contributed by atoms with Crippen molar-refractivity contribution < 1.29 is 4.79 Å². The SMILES string of the molecule is CCC(C)NCC(=O)NC(C)CC1CC1. The van der Waals surface area contributed by atoms with E-state index in [2.05, 4.69) is 31.4 Å². The van der Waals surface area contributed by atoms with Crippen molar-refractivity contribution in [2.75, 3.05) is 6.54 Å². The molecule has 0 heterocycles. The zero-order valence-electron chi connectivity index (χ0n) is 10.2. The van der Waals surface area contributed by atoms with E-state index in [0.717, 1.165) is 18.8 Å². The van der Waals surface area contributed by atoms with E-state index in [1.54, 1.807) is 0 Å². The van der Waals surface area contributed by atoms with Gasteiger partial charge in [-0.25, -0.2) is 0 Å². The molecule has 0 aromatic heterocycles. The number of carbonyl (C=O) groups is 1. The lowest BCUT2D eigenvalue weighted by molar-refractivity contribution is -0.121. The van der Waals surface area contributed by atoms with Crippen LogP contribution < -0.4 is 10.6 Å². The van der Waals surface area contributed by atoms with Crippen molar-refractivity contribution in [3.63, 3.8) is 0 Å². The van der Waals surface area contributed by atoms with Gasteiger partial charge in [0.05, 0.1) is 6.54 Å². The first-order valence-corrected chi connectivity index (χ1v) is 6.14. The number of rotatable bonds is 7. The summed E-state index contributed by atoms with van der Waals surface area (Å²) < 4.78 is 0. The van der Waals surface area contributed by atoms with Crippen molar-refractivity contribution in [3.8, 4) is 0 Å². The van der Waals surface area contributed by atoms with Gasteiger partial charge in [-0.05, 0) is 32.6 Å². The first-order valence-electron chi connectivity index (χ1n) is 6.14. The third-order valence-corrected chi connectivity index (χ3v) is 3.01. The van der Waals surface area contributed by atoms with Gasteiger partial charge in [0.15, 0.2) is 0 Å². The summed E-state index contributed by atoms with van der Waals surface area (Å²) >= 11 is 0. The molecule has 1 aliphatic rings. The summed E-state index contributed by atoms with van der Waals surface area (Å²) in [5.74, 6) is 1.01. The fourth-order valence-corrected chi connectivity index (χ4v) is 1.65. The fraction of sp³-hybridized carbons (Fsp3) is 0.917. The number of amides is 1. The van der Waals surface area contributed by atoms with Crippen LogP contribution in [0.1, 0.15) is 46.5 Å². The predicted molar refractivity (Wildman–Crippen MR) is 62.7 cm³/mol. The molecular weight excluding hydrogens is 188 g/mol. The molecule has 0 spiro atoms. The monoisotopic (exact) mass is 212 g/mol. The molecule has 2 unspecified atom stereocenters. The Bertz CT molecular complexity index is 202. The minimum atomic E-state index is 0.128. The third kappa shape index (κ3) is 5.78. The first-order chi connectivity index (χ1) is 7.11. The van der Waals surface area contributed by atoms with Gasteiger partial charge in [0, 0.05) is 12.1 Å². The fourth-order valence-electron chi connectivity index (χ4n) is 1.65. The van der Waals surface area contributed by atoms with Crippen molar-refractivity contribution in [2.24, 2.45) is 5.92 Å². The summed E-state index contributed by atoms with van der Waals surface area (Å²) in [5.41, 5.74) is 0. The molecule has 1 saturated carbocycles. The summed E-state index contributed by atoms with van der Waals surface area (Å²) in [5, 5.41) is 6.22. The van der Waals surface area contributed by atoms with Gasteiger partial charge in [0.1, 0.15) is 0 Å². The standard InChI is InChI=1S/C12H24N2O/c1-4-9(2)13-8-12(15)14-10(3)7-11-5-6-11/h9-11,13H,4-8H2,1-3H3,(H,14,15). The van der Waals surface area contributed by atoms with Crippen LogP contribution in [0.25, 0.3) is 0 Å². The van der Waals surface area contributed by atoms with Crippen LogP contribution in [0.5, 0.6) is 0 Å². The summed E-state index contributed by atoms with van der Waals surface area (Å²) in [6.07, 6.45) is 4.91. The number of carbonyl (C=O) groups excluding carboxylic acids is 1. The number of hydrogen-bond donors (Lipinski definition) is 2. The second kappa shape index (κ2) is 6.11. The van der Waals surface area contributed by atoms with E-state index in [-0.39, 0.29) is 5.91 Å². The molecule has 88 valence electrons. The summed E-state index contributed by atoms with van der Waals surface area (Å²) in [6, 6.07) is 0.762. The Labute approximate surface area is 93.0 Å². The smallest absolute Gasteiger partial charge is 0.234 e. The minimum absolute atomic E-state index is 0.128. The lowest BCUT2D eigenvalue weighted by atomic mass is 10.1. The minimum Gasteiger partial charge on any atom is -0.353 e. The molecule has 15 heavy (non-hydrogen) atoms. The van der Waals surface area contributed by atoms with Crippen molar-refractivity contribution in [2.45, 2.75) is 58.5 Å². The Morgan fingerprint density at radius 3 is 2.53 bits per heavy atom. The highest BCUT2D eigenvalue weighted by Crippen LogP contribution is 2.33. The lowest BCUT2D eigenvalue weighted by Crippen LogP contribution is -2.41. The molecular formula is C12H24N2O. The van der Waals surface area contributed by atoms with E-state index in [1.165, 1.54) is 12.8 Å². The maximum absolute atomic E-state index is 11.5. The van der Waals surface area contributed by atoms with Gasteiger partial charge in [-0.15, -0.1) is 0 Å². The Hall–Kier alpha value is -0.570. The third-order valence-electron chi connectivity index (χ3n) is 3.01. The molecule has 1 amide bonds. The summed E-state index contributed by atoms with van der Waals surface area (Å²) in [4.78, 5) is 11.5. The molecule has 2 atom stereocenters. The highest BCUT2D eigenvalue weighted by Gasteiger charge is 2.24. The molecule has 1 aliphatic carbocycles. The van der Waals surface area contributed by atoms with E-state index in [1.807, 2.05) is 0 Å². The lowest BCUT2D eigenvalue weighted by Gasteiger charge is -2.15. The molecule has 0 aromatic carbocycles. The van der Waals surface area contributed by atoms with E-state index >= 15 is 0 Å². The van der Waals surface area contributed by atoms with Gasteiger partial charge in [0.2, 0.25) is 5.91 Å². The molecule has 1 fully saturated rings. The Morgan fingerprint density at radius 2 is 2.00 bits per heavy atom. The largest absolute Gasteiger partial charge is 0.353 e. The van der Waals surface area contributed by atoms with E-state index in [9.17, 15) is 4.79 Å². The molecule has 3 nitrogen and oxygen atoms in total. The van der Waals surface area contributed by atoms with Crippen molar-refractivity contribution >= 4 is 5.91 Å². The van der Waals surface area contributed by atoms with Crippen LogP contribution in [-0.2, 0) is 4.79 Å². The summed E-state index contributed by atoms with van der Waals surface area (Å²) in [7, 11) is 0. The van der Waals surface area contributed by atoms with E-state index < -0.39 is 0 Å². The summed E-state index contributed by atoms with van der Waals surface area (Å²) in [6.45, 7) is 6.76. The van der Waals surface area contributed by atoms with Crippen molar-refractivity contribution in [1.29, 1.82) is 0 Å². The van der Waals surface area contributed by atoms with E-state index in [0.29, 0.717) is 18.6 Å². The van der Waals surface area contributed by atoms with Gasteiger partial charge in [-0.3, -0.25) is 4.79 Å². The number of hydrogen-bond acceptors (Lipinski definition) is 2. The van der Waals surface area contributed by atoms with Crippen LogP contribution in [-0.4, -0.2) is 24.5 Å². The molecule has 0 aromatic rings. The first kappa shape index (κ1) is 12.5. The topological polar surface area (TPSA) is 41.1 Å². The van der Waals surface area contributed by atoms with Crippen LogP contribution in [0.2, 0.25) is 0 Å². The van der Waals surface area contributed by atoms with Crippen LogP contribution in [0.4, 0.5) is 0 Å². The van der Waals surface area contributed by atoms with Crippen LogP contribution in [0.3, 0.4) is 0 Å². The average Bonchev–Trinajstić information content (AvgIpc) is 2.97. The normalized spacial score (nSPS) is 19.7. The van der Waals surface area contributed by atoms with Gasteiger partial charge >= 0.3 is 0 Å². The van der Waals surface area contributed by atoms with Gasteiger partial charge < -0.3 is 10.6 Å². The predicted octanol–water partition coefficient (Wildman–Crippen LogP) is 1.68. The highest BCUT2D eigenvalue weighted by molar-refractivity contribution is 5.78. The van der Waals surface area contributed by atoms with Crippen LogP contribution in [0, 0.1) is 5.92 Å². The van der Waals surface area contributed by atoms with Crippen LogP contribution in [0.15, 0.2) is 0 Å². The molecule has 0 bridgehead atoms. The van der Waals surface area contributed by atoms with E-state index in [4.69, 9.17) is 0 Å². The van der Waals surface area contributed by atoms with Crippen molar-refractivity contribution in [3.05, 3.63) is 0 Å². The molecule has 0 radical (unpaired) electrons. The van der Waals surface area contributed by atoms with Gasteiger partial charge in [-0.1, -0.05) is 19.8 Å². The molecule has 2 N–H and O–H groups in total. The Balaban J connectivity index is 2.05. The second-order valence-electron chi connectivity index (χ2n) is 4.84. The molecule has 1 rings (SSSR count). The zero-order chi connectivity index (χ0) is 11.3. The quantitative estimate of drug-likeness (QED) is 0.674. The maximum Gasteiger partial charge on any atom is 0.234 e. The molecule has 0 saturated heterocycles. The Kier molecular flexibility index (Phi) is 5.09. The van der Waals surface area contributed by atoms with Crippen molar-refractivity contribution in [1.82, 2.24) is 10.6 Å². The van der Waals surface area contributed by atoms with Crippen LogP contribution >= 0.6 is 0 Å². The average molecular weight is 212 g/mol. The molecule has 0 aliphatic heterocycles. The van der Waals surface area contributed by atoms with Gasteiger partial charge in [-0.2, -0.15) is 0 Å². The molecule has 3 heteroatoms. The highest BCUT2D eigenvalue weighted by atomic mass is 16.1. The Morgan fingerprint density at radius 1 is 1.33 bits per heavy atom. The second-order valence-corrected chi connectivity index (χ2v) is 4.84.